The smallest absolute Gasteiger partial charge is 0.267 e. The van der Waals surface area contributed by atoms with Crippen molar-refractivity contribution >= 4 is 23.2 Å². The van der Waals surface area contributed by atoms with E-state index in [0.717, 1.165) is 75.8 Å². The fourth-order valence-electron chi connectivity index (χ4n) is 5.24. The van der Waals surface area contributed by atoms with Gasteiger partial charge in [0, 0.05) is 43.9 Å². The first-order valence-electron chi connectivity index (χ1n) is 12.8. The number of carbonyl (C=O) groups is 2. The summed E-state index contributed by atoms with van der Waals surface area (Å²) < 4.78 is 11.3. The number of hydrogen-bond donors (Lipinski definition) is 1. The molecule has 3 aliphatic rings. The molecule has 1 N–H and O–H groups in total. The van der Waals surface area contributed by atoms with Crippen LogP contribution < -0.4 is 15.0 Å². The minimum atomic E-state index is -0.536. The molecule has 7 heteroatoms. The minimum absolute atomic E-state index is 0.0209. The van der Waals surface area contributed by atoms with Crippen LogP contribution >= 0.6 is 0 Å². The van der Waals surface area contributed by atoms with Crippen molar-refractivity contribution in [3.8, 4) is 5.75 Å². The van der Waals surface area contributed by atoms with Crippen molar-refractivity contribution in [3.05, 3.63) is 18.2 Å². The van der Waals surface area contributed by atoms with Crippen molar-refractivity contribution in [1.29, 1.82) is 0 Å². The topological polar surface area (TPSA) is 71.1 Å². The molecule has 1 aromatic rings. The van der Waals surface area contributed by atoms with Gasteiger partial charge in [0.25, 0.3) is 5.91 Å². The van der Waals surface area contributed by atoms with Gasteiger partial charge in [-0.1, -0.05) is 26.2 Å². The van der Waals surface area contributed by atoms with Crippen molar-refractivity contribution < 1.29 is 19.1 Å². The van der Waals surface area contributed by atoms with Crippen molar-refractivity contribution in [2.45, 2.75) is 64.9 Å². The molecule has 4 rings (SSSR count). The number of benzene rings is 1. The summed E-state index contributed by atoms with van der Waals surface area (Å²) in [6, 6.07) is 5.65. The van der Waals surface area contributed by atoms with Gasteiger partial charge < -0.3 is 19.7 Å². The van der Waals surface area contributed by atoms with Crippen molar-refractivity contribution in [2.75, 3.05) is 49.6 Å². The van der Waals surface area contributed by atoms with E-state index < -0.39 is 6.10 Å². The molecule has 7 nitrogen and oxygen atoms in total. The molecule has 2 aliphatic heterocycles. The number of carbonyl (C=O) groups excluding carboxylic acids is 2. The van der Waals surface area contributed by atoms with Crippen molar-refractivity contribution in [3.63, 3.8) is 0 Å². The maximum Gasteiger partial charge on any atom is 0.267 e. The zero-order valence-corrected chi connectivity index (χ0v) is 20.2. The lowest BCUT2D eigenvalue weighted by Crippen LogP contribution is -2.48. The summed E-state index contributed by atoms with van der Waals surface area (Å²) in [7, 11) is 0. The first-order valence-corrected chi connectivity index (χ1v) is 12.8. The van der Waals surface area contributed by atoms with Crippen LogP contribution in [-0.2, 0) is 14.3 Å². The second-order valence-electron chi connectivity index (χ2n) is 9.74. The van der Waals surface area contributed by atoms with Gasteiger partial charge in [0.15, 0.2) is 6.10 Å². The number of hydrogen-bond acceptors (Lipinski definition) is 5. The largest absolute Gasteiger partial charge is 0.479 e. The van der Waals surface area contributed by atoms with E-state index in [9.17, 15) is 9.59 Å². The van der Waals surface area contributed by atoms with Crippen LogP contribution in [0.15, 0.2) is 18.2 Å². The highest BCUT2D eigenvalue weighted by atomic mass is 16.5. The molecule has 1 saturated heterocycles. The van der Waals surface area contributed by atoms with Gasteiger partial charge in [-0.05, 0) is 50.7 Å². The molecule has 1 saturated carbocycles. The van der Waals surface area contributed by atoms with Gasteiger partial charge >= 0.3 is 0 Å². The normalized spacial score (nSPS) is 25.9. The molecule has 0 radical (unpaired) electrons. The van der Waals surface area contributed by atoms with Crippen molar-refractivity contribution in [1.82, 2.24) is 4.90 Å². The third kappa shape index (κ3) is 6.07. The second-order valence-corrected chi connectivity index (χ2v) is 9.74. The van der Waals surface area contributed by atoms with E-state index in [4.69, 9.17) is 9.47 Å². The van der Waals surface area contributed by atoms with E-state index in [2.05, 4.69) is 17.1 Å². The molecule has 1 unspecified atom stereocenters. The van der Waals surface area contributed by atoms with Gasteiger partial charge in [-0.3, -0.25) is 14.5 Å². The van der Waals surface area contributed by atoms with Gasteiger partial charge in [-0.2, -0.15) is 0 Å². The number of ether oxygens (including phenoxy) is 2. The molecule has 33 heavy (non-hydrogen) atoms. The van der Waals surface area contributed by atoms with E-state index in [0.29, 0.717) is 12.3 Å². The second kappa shape index (κ2) is 11.3. The Bertz CT molecular complexity index is 816. The average Bonchev–Trinajstić information content (AvgIpc) is 2.84. The number of morpholine rings is 1. The molecule has 1 aromatic carbocycles. The van der Waals surface area contributed by atoms with Crippen LogP contribution in [0.3, 0.4) is 0 Å². The molecule has 0 aromatic heterocycles. The Balaban J connectivity index is 1.36. The first-order chi connectivity index (χ1) is 16.0. The molecule has 2 heterocycles. The summed E-state index contributed by atoms with van der Waals surface area (Å²) in [6.07, 6.45) is 7.56. The lowest BCUT2D eigenvalue weighted by atomic mass is 9.79. The molecule has 2 amide bonds. The van der Waals surface area contributed by atoms with E-state index in [1.54, 1.807) is 6.92 Å². The van der Waals surface area contributed by atoms with Crippen LogP contribution in [0, 0.1) is 11.8 Å². The zero-order valence-electron chi connectivity index (χ0n) is 20.2. The number of rotatable bonds is 8. The lowest BCUT2D eigenvalue weighted by Gasteiger charge is -2.35. The number of amides is 2. The first kappa shape index (κ1) is 24.0. The Hall–Kier alpha value is -2.12. The van der Waals surface area contributed by atoms with Crippen molar-refractivity contribution in [2.24, 2.45) is 11.8 Å². The Kier molecular flexibility index (Phi) is 8.25. The van der Waals surface area contributed by atoms with E-state index >= 15 is 0 Å². The minimum Gasteiger partial charge on any atom is -0.479 e. The monoisotopic (exact) mass is 457 g/mol. The standard InChI is InChI=1S/C26H39N3O4/c1-3-4-5-20-6-8-21(9-7-20)25(30)27-22-10-11-23-24(18-22)33-19(2)26(31)29(23)13-12-28-14-16-32-17-15-28/h10-11,18-21H,3-9,12-17H2,1-2H3,(H,27,30). The summed E-state index contributed by atoms with van der Waals surface area (Å²) in [4.78, 5) is 29.8. The fraction of sp³-hybridized carbons (Fsp3) is 0.692. The highest BCUT2D eigenvalue weighted by molar-refractivity contribution is 6.01. The van der Waals surface area contributed by atoms with Gasteiger partial charge in [0.05, 0.1) is 18.9 Å². The van der Waals surface area contributed by atoms with Crippen LogP contribution in [0.25, 0.3) is 0 Å². The van der Waals surface area contributed by atoms with E-state index in [1.807, 2.05) is 23.1 Å². The number of nitrogens with one attached hydrogen (secondary N) is 1. The average molecular weight is 458 g/mol. The maximum absolute atomic E-state index is 12.9. The predicted molar refractivity (Wildman–Crippen MR) is 130 cm³/mol. The molecule has 0 spiro atoms. The molecule has 1 atom stereocenters. The third-order valence-electron chi connectivity index (χ3n) is 7.36. The molecular weight excluding hydrogens is 418 g/mol. The Morgan fingerprint density at radius 2 is 1.88 bits per heavy atom. The Labute approximate surface area is 197 Å². The van der Waals surface area contributed by atoms with Gasteiger partial charge in [0.1, 0.15) is 5.75 Å². The summed E-state index contributed by atoms with van der Waals surface area (Å²) in [5, 5.41) is 3.10. The maximum atomic E-state index is 12.9. The predicted octanol–water partition coefficient (Wildman–Crippen LogP) is 4.07. The summed E-state index contributed by atoms with van der Waals surface area (Å²) in [5.74, 6) is 1.62. The Morgan fingerprint density at radius 1 is 1.12 bits per heavy atom. The molecule has 1 aliphatic carbocycles. The van der Waals surface area contributed by atoms with Gasteiger partial charge in [-0.15, -0.1) is 0 Å². The number of nitrogens with zero attached hydrogens (tertiary/aromatic N) is 2. The van der Waals surface area contributed by atoms with Gasteiger partial charge in [0.2, 0.25) is 5.91 Å². The van der Waals surface area contributed by atoms with Crippen LogP contribution in [0.2, 0.25) is 0 Å². The Morgan fingerprint density at radius 3 is 2.61 bits per heavy atom. The quantitative estimate of drug-likeness (QED) is 0.637. The molecule has 182 valence electrons. The van der Waals surface area contributed by atoms with Crippen LogP contribution in [0.5, 0.6) is 5.75 Å². The fourth-order valence-corrected chi connectivity index (χ4v) is 5.24. The summed E-state index contributed by atoms with van der Waals surface area (Å²) in [5.41, 5.74) is 1.52. The SMILES string of the molecule is CCCCC1CCC(C(=O)Nc2ccc3c(c2)OC(C)C(=O)N3CCN2CCOCC2)CC1. The lowest BCUT2D eigenvalue weighted by molar-refractivity contribution is -0.125. The molecule has 0 bridgehead atoms. The number of fused-ring (bicyclic) bond motifs is 1. The number of anilines is 2. The van der Waals surface area contributed by atoms with Crippen LogP contribution in [-0.4, -0.2) is 62.2 Å². The van der Waals surface area contributed by atoms with Crippen LogP contribution in [0.4, 0.5) is 11.4 Å². The molecule has 2 fully saturated rings. The van der Waals surface area contributed by atoms with Gasteiger partial charge in [-0.25, -0.2) is 0 Å². The van der Waals surface area contributed by atoms with E-state index in [-0.39, 0.29) is 17.7 Å². The summed E-state index contributed by atoms with van der Waals surface area (Å²) >= 11 is 0. The summed E-state index contributed by atoms with van der Waals surface area (Å²) in [6.45, 7) is 8.73. The van der Waals surface area contributed by atoms with Crippen LogP contribution in [0.1, 0.15) is 58.8 Å². The third-order valence-corrected chi connectivity index (χ3v) is 7.36. The highest BCUT2D eigenvalue weighted by Crippen LogP contribution is 2.37. The highest BCUT2D eigenvalue weighted by Gasteiger charge is 2.32. The molecular formula is C26H39N3O4. The zero-order chi connectivity index (χ0) is 23.2. The number of unbranched alkanes of at least 4 members (excludes halogenated alkanes) is 1. The van der Waals surface area contributed by atoms with E-state index in [1.165, 1.54) is 19.3 Å².